The number of hydrogen-bond acceptors (Lipinski definition) is 3. The Kier molecular flexibility index (Phi) is 5.90. The molecule has 0 fully saturated rings. The molecular weight excluding hydrogens is 268 g/mol. The number of amides is 1. The number of carbonyl (C=O) groups is 2. The van der Waals surface area contributed by atoms with Crippen molar-refractivity contribution in [1.29, 1.82) is 0 Å². The first-order chi connectivity index (χ1) is 9.71. The van der Waals surface area contributed by atoms with Crippen molar-refractivity contribution in [3.05, 3.63) is 35.9 Å². The number of nitrogens with two attached hydrogens (primary N) is 1. The van der Waals surface area contributed by atoms with Crippen LogP contribution >= 0.6 is 0 Å². The molecule has 0 aliphatic carbocycles. The van der Waals surface area contributed by atoms with Crippen LogP contribution in [0.1, 0.15) is 32.8 Å². The van der Waals surface area contributed by atoms with Crippen molar-refractivity contribution >= 4 is 11.9 Å². The van der Waals surface area contributed by atoms with Crippen LogP contribution in [0.25, 0.3) is 0 Å². The van der Waals surface area contributed by atoms with Gasteiger partial charge in [0.05, 0.1) is 6.04 Å². The van der Waals surface area contributed by atoms with Gasteiger partial charge in [0.15, 0.2) is 0 Å². The molecule has 0 aliphatic rings. The fourth-order valence-electron chi connectivity index (χ4n) is 1.87. The summed E-state index contributed by atoms with van der Waals surface area (Å²) in [5.41, 5.74) is 6.47. The van der Waals surface area contributed by atoms with Gasteiger partial charge < -0.3 is 16.2 Å². The van der Waals surface area contributed by atoms with Gasteiger partial charge in [0.25, 0.3) is 0 Å². The van der Waals surface area contributed by atoms with E-state index in [9.17, 15) is 14.7 Å². The first kappa shape index (κ1) is 17.2. The molecule has 1 rings (SSSR count). The first-order valence-corrected chi connectivity index (χ1v) is 7.04. The molecule has 0 aromatic heterocycles. The normalized spacial score (nSPS) is 14.3. The third-order valence-electron chi connectivity index (χ3n) is 3.39. The van der Waals surface area contributed by atoms with Gasteiger partial charge in [0.1, 0.15) is 6.04 Å². The maximum absolute atomic E-state index is 12.0. The molecule has 0 heterocycles. The van der Waals surface area contributed by atoms with Crippen molar-refractivity contribution in [1.82, 2.24) is 5.32 Å². The highest BCUT2D eigenvalue weighted by Gasteiger charge is 2.30. The molecule has 2 unspecified atom stereocenters. The van der Waals surface area contributed by atoms with E-state index in [4.69, 9.17) is 5.73 Å². The predicted molar refractivity (Wildman–Crippen MR) is 81.8 cm³/mol. The minimum atomic E-state index is -1.04. The number of rotatable bonds is 6. The van der Waals surface area contributed by atoms with Crippen LogP contribution in [0.4, 0.5) is 0 Å². The third kappa shape index (κ3) is 5.55. The van der Waals surface area contributed by atoms with Gasteiger partial charge in [0, 0.05) is 0 Å². The maximum Gasteiger partial charge on any atom is 0.326 e. The van der Waals surface area contributed by atoms with Crippen LogP contribution < -0.4 is 11.1 Å². The van der Waals surface area contributed by atoms with Crippen LogP contribution in [0, 0.1) is 5.41 Å². The number of aliphatic carboxylic acids is 1. The summed E-state index contributed by atoms with van der Waals surface area (Å²) < 4.78 is 0. The van der Waals surface area contributed by atoms with Gasteiger partial charge in [-0.1, -0.05) is 51.1 Å². The Balaban J connectivity index is 2.62. The highest BCUT2D eigenvalue weighted by molar-refractivity contribution is 5.87. The molecule has 0 radical (unpaired) electrons. The molecule has 0 saturated carbocycles. The molecule has 4 N–H and O–H groups in total. The molecule has 1 amide bonds. The Bertz CT molecular complexity index is 480. The van der Waals surface area contributed by atoms with E-state index in [-0.39, 0.29) is 0 Å². The zero-order valence-electron chi connectivity index (χ0n) is 12.8. The van der Waals surface area contributed by atoms with Gasteiger partial charge in [0.2, 0.25) is 5.91 Å². The highest BCUT2D eigenvalue weighted by Crippen LogP contribution is 2.17. The number of carbonyl (C=O) groups excluding carboxylic acids is 1. The lowest BCUT2D eigenvalue weighted by Crippen LogP contribution is -2.53. The number of carboxylic acids is 1. The highest BCUT2D eigenvalue weighted by atomic mass is 16.4. The van der Waals surface area contributed by atoms with Crippen molar-refractivity contribution < 1.29 is 14.7 Å². The largest absolute Gasteiger partial charge is 0.480 e. The van der Waals surface area contributed by atoms with Crippen molar-refractivity contribution in [2.45, 2.75) is 45.7 Å². The number of aryl methyl sites for hydroxylation is 1. The Morgan fingerprint density at radius 1 is 1.24 bits per heavy atom. The number of benzene rings is 1. The zero-order chi connectivity index (χ0) is 16.0. The SMILES string of the molecule is CC(C)(C)C(N)C(=O)NC(CCc1ccccc1)C(=O)O. The van der Waals surface area contributed by atoms with Crippen LogP contribution in [0.15, 0.2) is 30.3 Å². The van der Waals surface area contributed by atoms with Gasteiger partial charge >= 0.3 is 5.97 Å². The molecule has 5 heteroatoms. The second-order valence-electron chi connectivity index (χ2n) is 6.27. The van der Waals surface area contributed by atoms with E-state index in [0.717, 1.165) is 5.56 Å². The monoisotopic (exact) mass is 292 g/mol. The number of hydrogen-bond donors (Lipinski definition) is 3. The molecule has 0 bridgehead atoms. The van der Waals surface area contributed by atoms with E-state index in [1.165, 1.54) is 0 Å². The van der Waals surface area contributed by atoms with Gasteiger partial charge in [-0.2, -0.15) is 0 Å². The van der Waals surface area contributed by atoms with Crippen LogP contribution in [0.3, 0.4) is 0 Å². The summed E-state index contributed by atoms with van der Waals surface area (Å²) in [6.07, 6.45) is 0.921. The minimum Gasteiger partial charge on any atom is -0.480 e. The third-order valence-corrected chi connectivity index (χ3v) is 3.39. The van der Waals surface area contributed by atoms with Gasteiger partial charge in [-0.05, 0) is 23.8 Å². The quantitative estimate of drug-likeness (QED) is 0.742. The summed E-state index contributed by atoms with van der Waals surface area (Å²) in [5.74, 6) is -1.47. The smallest absolute Gasteiger partial charge is 0.326 e. The second kappa shape index (κ2) is 7.22. The second-order valence-corrected chi connectivity index (χ2v) is 6.27. The van der Waals surface area contributed by atoms with Crippen molar-refractivity contribution in [2.75, 3.05) is 0 Å². The van der Waals surface area contributed by atoms with Crippen LogP contribution in [-0.4, -0.2) is 29.1 Å². The summed E-state index contributed by atoms with van der Waals surface area (Å²) in [7, 11) is 0. The summed E-state index contributed by atoms with van der Waals surface area (Å²) in [5, 5.41) is 11.8. The summed E-state index contributed by atoms with van der Waals surface area (Å²) in [4.78, 5) is 23.3. The molecule has 116 valence electrons. The Morgan fingerprint density at radius 3 is 2.29 bits per heavy atom. The van der Waals surface area contributed by atoms with Crippen LogP contribution in [0.2, 0.25) is 0 Å². The van der Waals surface area contributed by atoms with Crippen molar-refractivity contribution in [3.8, 4) is 0 Å². The molecule has 2 atom stereocenters. The lowest BCUT2D eigenvalue weighted by Gasteiger charge is -2.27. The van der Waals surface area contributed by atoms with Crippen molar-refractivity contribution in [2.24, 2.45) is 11.1 Å². The predicted octanol–water partition coefficient (Wildman–Crippen LogP) is 1.56. The van der Waals surface area contributed by atoms with Gasteiger partial charge in [-0.3, -0.25) is 4.79 Å². The molecule has 1 aromatic rings. The summed E-state index contributed by atoms with van der Waals surface area (Å²) in [6.45, 7) is 5.53. The number of carboxylic acid groups (broad SMARTS) is 1. The molecule has 0 spiro atoms. The first-order valence-electron chi connectivity index (χ1n) is 7.04. The summed E-state index contributed by atoms with van der Waals surface area (Å²) in [6, 6.07) is 7.91. The standard InChI is InChI=1S/C16H24N2O3/c1-16(2,3)13(17)14(19)18-12(15(20)21)10-9-11-7-5-4-6-8-11/h4-8,12-13H,9-10,17H2,1-3H3,(H,18,19)(H,20,21). The van der Waals surface area contributed by atoms with E-state index in [1.807, 2.05) is 51.1 Å². The Morgan fingerprint density at radius 2 is 1.81 bits per heavy atom. The van der Waals surface area contributed by atoms with E-state index in [2.05, 4.69) is 5.32 Å². The Labute approximate surface area is 125 Å². The summed E-state index contributed by atoms with van der Waals surface area (Å²) >= 11 is 0. The minimum absolute atomic E-state index is 0.335. The molecular formula is C16H24N2O3. The Hall–Kier alpha value is -1.88. The van der Waals surface area contributed by atoms with Gasteiger partial charge in [-0.25, -0.2) is 4.79 Å². The molecule has 0 aliphatic heterocycles. The van der Waals surface area contributed by atoms with Gasteiger partial charge in [-0.15, -0.1) is 0 Å². The van der Waals surface area contributed by atoms with Crippen molar-refractivity contribution in [3.63, 3.8) is 0 Å². The molecule has 5 nitrogen and oxygen atoms in total. The van der Waals surface area contributed by atoms with E-state index >= 15 is 0 Å². The van der Waals surface area contributed by atoms with Crippen LogP contribution in [-0.2, 0) is 16.0 Å². The van der Waals surface area contributed by atoms with E-state index in [0.29, 0.717) is 12.8 Å². The maximum atomic E-state index is 12.0. The topological polar surface area (TPSA) is 92.4 Å². The lowest BCUT2D eigenvalue weighted by molar-refractivity contribution is -0.142. The number of nitrogens with one attached hydrogen (secondary N) is 1. The fraction of sp³-hybridized carbons (Fsp3) is 0.500. The molecule has 1 aromatic carbocycles. The molecule has 21 heavy (non-hydrogen) atoms. The fourth-order valence-corrected chi connectivity index (χ4v) is 1.87. The van der Waals surface area contributed by atoms with E-state index < -0.39 is 29.4 Å². The van der Waals surface area contributed by atoms with E-state index in [1.54, 1.807) is 0 Å². The van der Waals surface area contributed by atoms with Crippen LogP contribution in [0.5, 0.6) is 0 Å². The average molecular weight is 292 g/mol. The molecule has 0 saturated heterocycles. The zero-order valence-corrected chi connectivity index (χ0v) is 12.8. The average Bonchev–Trinajstić information content (AvgIpc) is 2.42. The lowest BCUT2D eigenvalue weighted by atomic mass is 9.86.